The molecule has 0 amide bonds. The molecule has 0 unspecified atom stereocenters. The molecule has 218 valence electrons. The van der Waals surface area contributed by atoms with E-state index in [1.165, 1.54) is 17.4 Å². The van der Waals surface area contributed by atoms with Crippen LogP contribution in [0.1, 0.15) is 29.2 Å². The molecule has 0 spiro atoms. The van der Waals surface area contributed by atoms with Gasteiger partial charge >= 0.3 is 0 Å². The Labute approximate surface area is 247 Å². The summed E-state index contributed by atoms with van der Waals surface area (Å²) < 4.78 is 22.1. The molecule has 0 saturated carbocycles. The third-order valence-corrected chi connectivity index (χ3v) is 9.25. The maximum Gasteiger partial charge on any atom is 0.131 e. The monoisotopic (exact) mass is 588 g/mol. The van der Waals surface area contributed by atoms with Crippen LogP contribution in [-0.2, 0) is 18.0 Å². The zero-order chi connectivity index (χ0) is 29.6. The van der Waals surface area contributed by atoms with Gasteiger partial charge in [-0.3, -0.25) is 9.89 Å². The number of nitrogen functional groups attached to an aromatic ring is 1. The highest BCUT2D eigenvalue weighted by Gasteiger charge is 2.40. The molecule has 1 saturated heterocycles. The molecule has 6 rings (SSSR count). The number of hydrazine groups is 1. The molecule has 0 atom stereocenters. The zero-order valence-corrected chi connectivity index (χ0v) is 24.5. The minimum Gasteiger partial charge on any atom is -0.507 e. The summed E-state index contributed by atoms with van der Waals surface area (Å²) in [6.07, 6.45) is 5.62. The highest BCUT2D eigenvalue weighted by atomic mass is 32.1. The van der Waals surface area contributed by atoms with Crippen molar-refractivity contribution in [3.05, 3.63) is 70.3 Å². The third kappa shape index (κ3) is 4.84. The van der Waals surface area contributed by atoms with Crippen molar-refractivity contribution >= 4 is 32.3 Å². The van der Waals surface area contributed by atoms with Gasteiger partial charge in [0.05, 0.1) is 37.7 Å². The van der Waals surface area contributed by atoms with E-state index in [0.29, 0.717) is 50.8 Å². The van der Waals surface area contributed by atoms with Gasteiger partial charge in [-0.2, -0.15) is 5.26 Å². The first kappa shape index (κ1) is 28.0. The lowest BCUT2D eigenvalue weighted by atomic mass is 9.89. The van der Waals surface area contributed by atoms with Gasteiger partial charge in [-0.25, -0.2) is 4.39 Å². The molecule has 42 heavy (non-hydrogen) atoms. The fraction of sp³-hybridized carbons (Fsp3) is 0.333. The number of likely N-dealkylation sites (tertiary alicyclic amines) is 1. The molecule has 12 heteroatoms. The van der Waals surface area contributed by atoms with Crippen molar-refractivity contribution in [2.45, 2.75) is 25.7 Å². The van der Waals surface area contributed by atoms with Gasteiger partial charge in [-0.1, -0.05) is 0 Å². The SMILES string of the molecule is CN(C)C1(C)CN(CNC(=NCC2=CC=CNN2)c2cc(O)c(-c3c(F)ccc4sc(N)c(C#N)c34)c3c2COC3)C1. The number of thiophene rings is 1. The van der Waals surface area contributed by atoms with Gasteiger partial charge in [0.1, 0.15) is 28.5 Å². The largest absolute Gasteiger partial charge is 0.507 e. The number of fused-ring (bicyclic) bond motifs is 2. The fourth-order valence-electron chi connectivity index (χ4n) is 5.75. The molecular formula is C30H33FN8O2S. The maximum absolute atomic E-state index is 15.6. The van der Waals surface area contributed by atoms with Crippen LogP contribution in [0, 0.1) is 17.1 Å². The summed E-state index contributed by atoms with van der Waals surface area (Å²) in [5, 5.41) is 25.6. The number of nitrogens with one attached hydrogen (secondary N) is 3. The summed E-state index contributed by atoms with van der Waals surface area (Å²) in [6.45, 7) is 5.44. The molecule has 4 heterocycles. The van der Waals surface area contributed by atoms with Crippen LogP contribution >= 0.6 is 11.3 Å². The van der Waals surface area contributed by atoms with Crippen molar-refractivity contribution in [1.29, 1.82) is 5.26 Å². The smallest absolute Gasteiger partial charge is 0.131 e. The zero-order valence-electron chi connectivity index (χ0n) is 23.7. The number of hydrogen-bond donors (Lipinski definition) is 5. The Morgan fingerprint density at radius 2 is 2.10 bits per heavy atom. The number of phenolic OH excluding ortho intramolecular Hbond substituents is 1. The molecule has 0 aliphatic carbocycles. The molecule has 0 bridgehead atoms. The summed E-state index contributed by atoms with van der Waals surface area (Å²) in [5.41, 5.74) is 16.0. The normalized spacial score (nSPS) is 17.8. The Morgan fingerprint density at radius 1 is 1.31 bits per heavy atom. The lowest BCUT2D eigenvalue weighted by molar-refractivity contribution is -0.0170. The number of aromatic hydroxyl groups is 1. The fourth-order valence-corrected chi connectivity index (χ4v) is 6.68. The Kier molecular flexibility index (Phi) is 7.28. The molecule has 10 nitrogen and oxygen atoms in total. The number of phenols is 1. The van der Waals surface area contributed by atoms with Crippen LogP contribution in [-0.4, -0.2) is 66.7 Å². The standard InChI is InChI=1S/C30H33FN8O2S/c1-30(38(2)3)14-39(15-30)16-35-29(34-11-17-5-4-8-36-37-17)18-9-23(40)25(21-13-41-12-20(18)21)27-22(31)6-7-24-26(27)19(10-32)28(33)42-24/h4-9,36-37,40H,11-16,33H2,1-3H3,(H,34,35). The van der Waals surface area contributed by atoms with Crippen molar-refractivity contribution in [3.63, 3.8) is 0 Å². The maximum atomic E-state index is 15.6. The van der Waals surface area contributed by atoms with E-state index in [1.54, 1.807) is 18.3 Å². The number of benzene rings is 2. The summed E-state index contributed by atoms with van der Waals surface area (Å²) in [5.74, 6) is -0.0587. The Balaban J connectivity index is 1.42. The quantitative estimate of drug-likeness (QED) is 0.208. The van der Waals surface area contributed by atoms with Crippen LogP contribution in [0.5, 0.6) is 5.75 Å². The Hall–Kier alpha value is -4.15. The van der Waals surface area contributed by atoms with E-state index in [2.05, 4.69) is 53.1 Å². The number of allylic oxidation sites excluding steroid dienone is 2. The van der Waals surface area contributed by atoms with Crippen molar-refractivity contribution in [2.75, 3.05) is 46.1 Å². The van der Waals surface area contributed by atoms with Crippen molar-refractivity contribution < 1.29 is 14.2 Å². The van der Waals surface area contributed by atoms with Gasteiger partial charge in [0.25, 0.3) is 0 Å². The molecular weight excluding hydrogens is 555 g/mol. The van der Waals surface area contributed by atoms with Crippen LogP contribution in [0.2, 0.25) is 0 Å². The molecule has 6 N–H and O–H groups in total. The van der Waals surface area contributed by atoms with Crippen LogP contribution in [0.15, 0.2) is 47.2 Å². The Bertz CT molecular complexity index is 1700. The van der Waals surface area contributed by atoms with Gasteiger partial charge < -0.3 is 36.6 Å². The highest BCUT2D eigenvalue weighted by Crippen LogP contribution is 2.47. The summed E-state index contributed by atoms with van der Waals surface area (Å²) >= 11 is 1.22. The lowest BCUT2D eigenvalue weighted by Crippen LogP contribution is -2.68. The first-order chi connectivity index (χ1) is 20.2. The van der Waals surface area contributed by atoms with E-state index < -0.39 is 5.82 Å². The lowest BCUT2D eigenvalue weighted by Gasteiger charge is -2.52. The average Bonchev–Trinajstić information content (AvgIpc) is 3.56. The van der Waals surface area contributed by atoms with E-state index in [1.807, 2.05) is 12.2 Å². The second-order valence-electron chi connectivity index (χ2n) is 11.2. The number of hydrogen-bond acceptors (Lipinski definition) is 10. The number of rotatable bonds is 7. The van der Waals surface area contributed by atoms with Gasteiger partial charge in [0, 0.05) is 51.6 Å². The van der Waals surface area contributed by atoms with Crippen molar-refractivity contribution in [2.24, 2.45) is 4.99 Å². The number of amidine groups is 1. The number of nitrogens with two attached hydrogens (primary N) is 1. The molecule has 1 fully saturated rings. The summed E-state index contributed by atoms with van der Waals surface area (Å²) in [7, 11) is 4.18. The van der Waals surface area contributed by atoms with Gasteiger partial charge in [-0.15, -0.1) is 11.3 Å². The number of ether oxygens (including phenoxy) is 1. The minimum absolute atomic E-state index is 0.112. The second-order valence-corrected chi connectivity index (χ2v) is 12.3. The van der Waals surface area contributed by atoms with E-state index in [4.69, 9.17) is 15.5 Å². The number of halogens is 1. The minimum atomic E-state index is -0.543. The van der Waals surface area contributed by atoms with Crippen LogP contribution < -0.4 is 21.9 Å². The predicted molar refractivity (Wildman–Crippen MR) is 163 cm³/mol. The number of likely N-dealkylation sites (N-methyl/N-ethyl adjacent to an activating group) is 1. The van der Waals surface area contributed by atoms with E-state index in [9.17, 15) is 10.4 Å². The van der Waals surface area contributed by atoms with Crippen LogP contribution in [0.3, 0.4) is 0 Å². The van der Waals surface area contributed by atoms with E-state index in [-0.39, 0.29) is 35.6 Å². The molecule has 3 aromatic rings. The molecule has 2 aromatic carbocycles. The van der Waals surface area contributed by atoms with Gasteiger partial charge in [0.2, 0.25) is 0 Å². The first-order valence-corrected chi connectivity index (χ1v) is 14.4. The molecule has 3 aliphatic heterocycles. The topological polar surface area (TPSA) is 134 Å². The van der Waals surface area contributed by atoms with Crippen LogP contribution in [0.4, 0.5) is 9.39 Å². The first-order valence-electron chi connectivity index (χ1n) is 13.6. The van der Waals surface area contributed by atoms with Gasteiger partial charge in [0.15, 0.2) is 0 Å². The van der Waals surface area contributed by atoms with E-state index in [0.717, 1.165) is 24.4 Å². The number of nitrogens with zero attached hydrogens (tertiary/aromatic N) is 4. The van der Waals surface area contributed by atoms with E-state index >= 15 is 4.39 Å². The van der Waals surface area contributed by atoms with Crippen molar-refractivity contribution in [3.8, 4) is 22.9 Å². The highest BCUT2D eigenvalue weighted by molar-refractivity contribution is 7.23. The third-order valence-electron chi connectivity index (χ3n) is 8.27. The molecule has 1 aromatic heterocycles. The number of anilines is 1. The second kappa shape index (κ2) is 10.9. The number of aliphatic imine (C=N–C) groups is 1. The Morgan fingerprint density at radius 3 is 2.81 bits per heavy atom. The molecule has 0 radical (unpaired) electrons. The van der Waals surface area contributed by atoms with Gasteiger partial charge in [-0.05, 0) is 62.5 Å². The predicted octanol–water partition coefficient (Wildman–Crippen LogP) is 3.33. The summed E-state index contributed by atoms with van der Waals surface area (Å²) in [6, 6.07) is 6.70. The van der Waals surface area contributed by atoms with Crippen LogP contribution in [0.25, 0.3) is 21.2 Å². The average molecular weight is 589 g/mol. The number of nitriles is 1. The summed E-state index contributed by atoms with van der Waals surface area (Å²) in [4.78, 5) is 9.43. The molecule has 3 aliphatic rings. The van der Waals surface area contributed by atoms with Crippen molar-refractivity contribution in [1.82, 2.24) is 26.0 Å².